The molecule has 0 radical (unpaired) electrons. The molecular formula is C18H19N7O. The van der Waals surface area contributed by atoms with Crippen LogP contribution in [0.1, 0.15) is 0 Å². The van der Waals surface area contributed by atoms with Crippen molar-refractivity contribution in [3.63, 3.8) is 0 Å². The average molecular weight is 349 g/mol. The molecule has 8 heteroatoms. The van der Waals surface area contributed by atoms with E-state index in [1.165, 1.54) is 0 Å². The largest absolute Gasteiger partial charge is 0.497 e. The van der Waals surface area contributed by atoms with Gasteiger partial charge < -0.3 is 14.5 Å². The van der Waals surface area contributed by atoms with E-state index in [9.17, 15) is 0 Å². The number of anilines is 2. The van der Waals surface area contributed by atoms with Gasteiger partial charge in [-0.2, -0.15) is 0 Å². The molecule has 0 atom stereocenters. The zero-order valence-corrected chi connectivity index (χ0v) is 14.5. The smallest absolute Gasteiger partial charge is 0.226 e. The van der Waals surface area contributed by atoms with Crippen LogP contribution in [0.4, 0.5) is 11.8 Å². The van der Waals surface area contributed by atoms with Crippen molar-refractivity contribution in [1.29, 1.82) is 0 Å². The number of aromatic nitrogens is 5. The Morgan fingerprint density at radius 1 is 0.846 bits per heavy atom. The van der Waals surface area contributed by atoms with E-state index in [1.807, 2.05) is 18.2 Å². The Morgan fingerprint density at radius 2 is 1.65 bits per heavy atom. The van der Waals surface area contributed by atoms with Crippen molar-refractivity contribution >= 4 is 11.8 Å². The lowest BCUT2D eigenvalue weighted by Crippen LogP contribution is -2.47. The van der Waals surface area contributed by atoms with Crippen LogP contribution in [0.25, 0.3) is 11.4 Å². The van der Waals surface area contributed by atoms with E-state index in [4.69, 9.17) is 4.74 Å². The van der Waals surface area contributed by atoms with Crippen molar-refractivity contribution in [2.24, 2.45) is 0 Å². The molecule has 8 nitrogen and oxygen atoms in total. The van der Waals surface area contributed by atoms with Crippen LogP contribution < -0.4 is 14.5 Å². The first kappa shape index (κ1) is 16.2. The molecule has 1 aliphatic rings. The molecule has 4 rings (SSSR count). The van der Waals surface area contributed by atoms with Crippen LogP contribution in [0.3, 0.4) is 0 Å². The third-order valence-electron chi connectivity index (χ3n) is 4.31. The van der Waals surface area contributed by atoms with Gasteiger partial charge in [-0.1, -0.05) is 0 Å². The fraction of sp³-hybridized carbons (Fsp3) is 0.278. The summed E-state index contributed by atoms with van der Waals surface area (Å²) in [5.41, 5.74) is 1.52. The minimum Gasteiger partial charge on any atom is -0.497 e. The van der Waals surface area contributed by atoms with Crippen molar-refractivity contribution in [3.8, 4) is 17.1 Å². The molecule has 132 valence electrons. The lowest BCUT2D eigenvalue weighted by atomic mass is 10.3. The second-order valence-corrected chi connectivity index (χ2v) is 5.86. The van der Waals surface area contributed by atoms with Crippen LogP contribution in [-0.2, 0) is 0 Å². The molecule has 0 amide bonds. The maximum atomic E-state index is 5.28. The summed E-state index contributed by atoms with van der Waals surface area (Å²) in [7, 11) is 1.67. The lowest BCUT2D eigenvalue weighted by molar-refractivity contribution is 0.414. The van der Waals surface area contributed by atoms with Crippen LogP contribution in [0.15, 0.2) is 49.2 Å². The van der Waals surface area contributed by atoms with E-state index in [0.29, 0.717) is 5.95 Å². The SMILES string of the molecule is COc1ccnc(N2CCN(c3nccc(-c4cnccn4)n3)CC2)c1. The highest BCUT2D eigenvalue weighted by atomic mass is 16.5. The number of ether oxygens (including phenoxy) is 1. The normalized spacial score (nSPS) is 14.3. The molecule has 1 fully saturated rings. The third kappa shape index (κ3) is 3.39. The molecule has 0 N–H and O–H groups in total. The van der Waals surface area contributed by atoms with Gasteiger partial charge in [0.05, 0.1) is 19.0 Å². The van der Waals surface area contributed by atoms with E-state index in [2.05, 4.69) is 34.7 Å². The summed E-state index contributed by atoms with van der Waals surface area (Å²) < 4.78 is 5.28. The van der Waals surface area contributed by atoms with Gasteiger partial charge in [-0.15, -0.1) is 0 Å². The van der Waals surface area contributed by atoms with Crippen LogP contribution in [0.2, 0.25) is 0 Å². The van der Waals surface area contributed by atoms with Crippen LogP contribution in [0, 0.1) is 0 Å². The van der Waals surface area contributed by atoms with Crippen molar-refractivity contribution in [2.75, 3.05) is 43.1 Å². The van der Waals surface area contributed by atoms with Crippen molar-refractivity contribution in [1.82, 2.24) is 24.9 Å². The van der Waals surface area contributed by atoms with Crippen LogP contribution >= 0.6 is 0 Å². The van der Waals surface area contributed by atoms with Crippen LogP contribution in [-0.4, -0.2) is 58.2 Å². The van der Waals surface area contributed by atoms with Crippen molar-refractivity contribution < 1.29 is 4.74 Å². The number of methoxy groups -OCH3 is 1. The average Bonchev–Trinajstić information content (AvgIpc) is 2.75. The molecule has 0 aliphatic carbocycles. The summed E-state index contributed by atoms with van der Waals surface area (Å²) in [5, 5.41) is 0. The summed E-state index contributed by atoms with van der Waals surface area (Å²) in [6.07, 6.45) is 8.56. The van der Waals surface area contributed by atoms with Crippen LogP contribution in [0.5, 0.6) is 5.75 Å². The topological polar surface area (TPSA) is 80.2 Å². The highest BCUT2D eigenvalue weighted by molar-refractivity contribution is 5.54. The van der Waals surface area contributed by atoms with Gasteiger partial charge in [0.15, 0.2) is 0 Å². The molecule has 0 unspecified atom stereocenters. The van der Waals surface area contributed by atoms with E-state index in [1.54, 1.807) is 38.1 Å². The Hall–Kier alpha value is -3.29. The quantitative estimate of drug-likeness (QED) is 0.704. The van der Waals surface area contributed by atoms with E-state index in [0.717, 1.165) is 49.1 Å². The molecule has 0 spiro atoms. The Morgan fingerprint density at radius 3 is 2.42 bits per heavy atom. The van der Waals surface area contributed by atoms with Gasteiger partial charge in [0.25, 0.3) is 0 Å². The molecule has 26 heavy (non-hydrogen) atoms. The van der Waals surface area contributed by atoms with Gasteiger partial charge in [0.1, 0.15) is 17.3 Å². The minimum atomic E-state index is 0.714. The zero-order valence-electron chi connectivity index (χ0n) is 14.5. The van der Waals surface area contributed by atoms with Crippen molar-refractivity contribution in [2.45, 2.75) is 0 Å². The monoisotopic (exact) mass is 349 g/mol. The first-order valence-electron chi connectivity index (χ1n) is 8.43. The summed E-state index contributed by atoms with van der Waals surface area (Å²) in [4.78, 5) is 26.3. The minimum absolute atomic E-state index is 0.714. The maximum absolute atomic E-state index is 5.28. The van der Waals surface area contributed by atoms with Gasteiger partial charge in [-0.25, -0.2) is 15.0 Å². The number of pyridine rings is 1. The molecular weight excluding hydrogens is 330 g/mol. The first-order valence-corrected chi connectivity index (χ1v) is 8.43. The molecule has 1 saturated heterocycles. The molecule has 4 heterocycles. The Kier molecular flexibility index (Phi) is 4.55. The summed E-state index contributed by atoms with van der Waals surface area (Å²) in [6, 6.07) is 5.66. The second-order valence-electron chi connectivity index (χ2n) is 5.86. The molecule has 3 aromatic heterocycles. The Bertz CT molecular complexity index is 866. The van der Waals surface area contributed by atoms with Gasteiger partial charge in [-0.3, -0.25) is 9.97 Å². The molecule has 3 aromatic rings. The predicted octanol–water partition coefficient (Wildman–Crippen LogP) is 1.66. The van der Waals surface area contributed by atoms with Gasteiger partial charge >= 0.3 is 0 Å². The summed E-state index contributed by atoms with van der Waals surface area (Å²) >= 11 is 0. The molecule has 1 aliphatic heterocycles. The molecule has 0 bridgehead atoms. The third-order valence-corrected chi connectivity index (χ3v) is 4.31. The zero-order chi connectivity index (χ0) is 17.8. The summed E-state index contributed by atoms with van der Waals surface area (Å²) in [5.74, 6) is 2.46. The number of hydrogen-bond acceptors (Lipinski definition) is 8. The molecule has 0 aromatic carbocycles. The second kappa shape index (κ2) is 7.30. The maximum Gasteiger partial charge on any atom is 0.226 e. The van der Waals surface area contributed by atoms with E-state index >= 15 is 0 Å². The first-order chi connectivity index (χ1) is 12.8. The number of nitrogens with zero attached hydrogens (tertiary/aromatic N) is 7. The fourth-order valence-electron chi connectivity index (χ4n) is 2.91. The van der Waals surface area contributed by atoms with E-state index in [-0.39, 0.29) is 0 Å². The number of piperazine rings is 1. The predicted molar refractivity (Wildman–Crippen MR) is 98.3 cm³/mol. The van der Waals surface area contributed by atoms with Gasteiger partial charge in [-0.05, 0) is 12.1 Å². The standard InChI is InChI=1S/C18H19N7O/c1-26-14-2-4-21-17(12-14)24-8-10-25(11-9-24)18-22-5-3-15(23-18)16-13-19-6-7-20-16/h2-7,12-13H,8-11H2,1H3. The Balaban J connectivity index is 1.46. The van der Waals surface area contributed by atoms with Gasteiger partial charge in [0, 0.05) is 57.0 Å². The number of rotatable bonds is 4. The highest BCUT2D eigenvalue weighted by Crippen LogP contribution is 2.21. The highest BCUT2D eigenvalue weighted by Gasteiger charge is 2.20. The van der Waals surface area contributed by atoms with Crippen molar-refractivity contribution in [3.05, 3.63) is 49.2 Å². The number of hydrogen-bond donors (Lipinski definition) is 0. The van der Waals surface area contributed by atoms with E-state index < -0.39 is 0 Å². The lowest BCUT2D eigenvalue weighted by Gasteiger charge is -2.35. The Labute approximate surface area is 151 Å². The van der Waals surface area contributed by atoms with Gasteiger partial charge in [0.2, 0.25) is 5.95 Å². The fourth-order valence-corrected chi connectivity index (χ4v) is 2.91. The molecule has 0 saturated carbocycles. The summed E-state index contributed by atoms with van der Waals surface area (Å²) in [6.45, 7) is 3.34.